The minimum Gasteiger partial charge on any atom is -0.335 e. The van der Waals surface area contributed by atoms with Gasteiger partial charge in [-0.2, -0.15) is 5.26 Å². The van der Waals surface area contributed by atoms with E-state index in [1.807, 2.05) is 22.9 Å². The maximum Gasteiger partial charge on any atom is 0.120 e. The molecule has 0 spiro atoms. The Hall–Kier alpha value is -2.01. The first-order valence-corrected chi connectivity index (χ1v) is 5.31. The van der Waals surface area contributed by atoms with Crippen molar-refractivity contribution in [2.24, 2.45) is 0 Å². The molecule has 0 radical (unpaired) electrons. The lowest BCUT2D eigenvalue weighted by atomic mass is 10.1. The minimum atomic E-state index is 0.708. The highest BCUT2D eigenvalue weighted by atomic mass is 15.0. The second-order valence-electron chi connectivity index (χ2n) is 4.13. The highest BCUT2D eigenvalue weighted by Crippen LogP contribution is 2.12. The summed E-state index contributed by atoms with van der Waals surface area (Å²) in [6, 6.07) is 12.4. The molecule has 1 heterocycles. The van der Waals surface area contributed by atoms with Crippen molar-refractivity contribution in [1.82, 2.24) is 4.57 Å². The SMILES string of the molecule is Cc1cc(C)cc(Cn2cccc2C#N)c1. The average Bonchev–Trinajstić information content (AvgIpc) is 2.63. The van der Waals surface area contributed by atoms with Crippen LogP contribution in [0, 0.1) is 25.2 Å². The molecule has 2 heteroatoms. The van der Waals surface area contributed by atoms with Crippen molar-refractivity contribution in [1.29, 1.82) is 5.26 Å². The highest BCUT2D eigenvalue weighted by molar-refractivity contribution is 5.30. The summed E-state index contributed by atoms with van der Waals surface area (Å²) in [5.74, 6) is 0. The van der Waals surface area contributed by atoms with Crippen molar-refractivity contribution in [2.75, 3.05) is 0 Å². The molecule has 16 heavy (non-hydrogen) atoms. The Morgan fingerprint density at radius 3 is 2.50 bits per heavy atom. The molecule has 0 aliphatic heterocycles. The van der Waals surface area contributed by atoms with E-state index in [9.17, 15) is 0 Å². The van der Waals surface area contributed by atoms with Gasteiger partial charge in [-0.05, 0) is 31.5 Å². The molecule has 2 nitrogen and oxygen atoms in total. The summed E-state index contributed by atoms with van der Waals surface area (Å²) in [7, 11) is 0. The maximum absolute atomic E-state index is 8.92. The molecule has 0 saturated carbocycles. The lowest BCUT2D eigenvalue weighted by molar-refractivity contribution is 0.792. The van der Waals surface area contributed by atoms with E-state index in [-0.39, 0.29) is 0 Å². The molecule has 0 bridgehead atoms. The van der Waals surface area contributed by atoms with Crippen LogP contribution in [0.25, 0.3) is 0 Å². The van der Waals surface area contributed by atoms with E-state index in [1.54, 1.807) is 0 Å². The van der Waals surface area contributed by atoms with Gasteiger partial charge in [-0.1, -0.05) is 29.3 Å². The molecule has 0 aliphatic carbocycles. The molecule has 0 amide bonds. The van der Waals surface area contributed by atoms with Crippen LogP contribution in [0.5, 0.6) is 0 Å². The van der Waals surface area contributed by atoms with E-state index in [2.05, 4.69) is 38.1 Å². The van der Waals surface area contributed by atoms with Crippen LogP contribution in [0.3, 0.4) is 0 Å². The van der Waals surface area contributed by atoms with Crippen molar-refractivity contribution < 1.29 is 0 Å². The number of nitriles is 1. The van der Waals surface area contributed by atoms with Gasteiger partial charge in [0.15, 0.2) is 0 Å². The van der Waals surface area contributed by atoms with Gasteiger partial charge in [-0.25, -0.2) is 0 Å². The van der Waals surface area contributed by atoms with Crippen LogP contribution in [0.2, 0.25) is 0 Å². The standard InChI is InChI=1S/C14H14N2/c1-11-6-12(2)8-13(7-11)10-16-5-3-4-14(16)9-15/h3-8H,10H2,1-2H3. The summed E-state index contributed by atoms with van der Waals surface area (Å²) in [6.07, 6.45) is 1.94. The monoisotopic (exact) mass is 210 g/mol. The van der Waals surface area contributed by atoms with Gasteiger partial charge in [0.05, 0.1) is 0 Å². The van der Waals surface area contributed by atoms with Crippen LogP contribution in [0.4, 0.5) is 0 Å². The van der Waals surface area contributed by atoms with Gasteiger partial charge in [0.1, 0.15) is 11.8 Å². The molecule has 80 valence electrons. The fourth-order valence-corrected chi connectivity index (χ4v) is 2.01. The Bertz CT molecular complexity index is 524. The molecular formula is C14H14N2. The number of rotatable bonds is 2. The van der Waals surface area contributed by atoms with Crippen LogP contribution in [-0.2, 0) is 6.54 Å². The van der Waals surface area contributed by atoms with Crippen LogP contribution < -0.4 is 0 Å². The van der Waals surface area contributed by atoms with Gasteiger partial charge in [0, 0.05) is 12.7 Å². The summed E-state index contributed by atoms with van der Waals surface area (Å²) < 4.78 is 1.97. The normalized spacial score (nSPS) is 10.1. The van der Waals surface area contributed by atoms with Crippen molar-refractivity contribution >= 4 is 0 Å². The molecule has 0 unspecified atom stereocenters. The van der Waals surface area contributed by atoms with Crippen molar-refractivity contribution in [2.45, 2.75) is 20.4 Å². The van der Waals surface area contributed by atoms with Crippen molar-refractivity contribution in [3.05, 3.63) is 58.9 Å². The molecular weight excluding hydrogens is 196 g/mol. The topological polar surface area (TPSA) is 28.7 Å². The average molecular weight is 210 g/mol. The third-order valence-electron chi connectivity index (χ3n) is 2.58. The van der Waals surface area contributed by atoms with Crippen LogP contribution in [0.1, 0.15) is 22.4 Å². The zero-order chi connectivity index (χ0) is 11.5. The third kappa shape index (κ3) is 2.14. The molecule has 0 fully saturated rings. The fraction of sp³-hybridized carbons (Fsp3) is 0.214. The maximum atomic E-state index is 8.92. The van der Waals surface area contributed by atoms with Gasteiger partial charge < -0.3 is 4.57 Å². The van der Waals surface area contributed by atoms with E-state index in [0.29, 0.717) is 5.69 Å². The van der Waals surface area contributed by atoms with E-state index >= 15 is 0 Å². The Kier molecular flexibility index (Phi) is 2.78. The minimum absolute atomic E-state index is 0.708. The first-order valence-electron chi connectivity index (χ1n) is 5.31. The molecule has 2 aromatic rings. The van der Waals surface area contributed by atoms with Crippen molar-refractivity contribution in [3.8, 4) is 6.07 Å². The molecule has 1 aromatic heterocycles. The lowest BCUT2D eigenvalue weighted by Crippen LogP contribution is -2.01. The summed E-state index contributed by atoms with van der Waals surface area (Å²) in [6.45, 7) is 4.95. The third-order valence-corrected chi connectivity index (χ3v) is 2.58. The van der Waals surface area contributed by atoms with E-state index < -0.39 is 0 Å². The van der Waals surface area contributed by atoms with Crippen molar-refractivity contribution in [3.63, 3.8) is 0 Å². The van der Waals surface area contributed by atoms with Gasteiger partial charge in [-0.15, -0.1) is 0 Å². The number of nitrogens with zero attached hydrogens (tertiary/aromatic N) is 2. The van der Waals surface area contributed by atoms with Gasteiger partial charge in [0.2, 0.25) is 0 Å². The first-order chi connectivity index (χ1) is 7.69. The molecule has 0 aliphatic rings. The fourth-order valence-electron chi connectivity index (χ4n) is 2.01. The molecule has 0 saturated heterocycles. The molecule has 0 atom stereocenters. The number of benzene rings is 1. The Morgan fingerprint density at radius 1 is 1.19 bits per heavy atom. The first kappa shape index (κ1) is 10.5. The van der Waals surface area contributed by atoms with E-state index in [0.717, 1.165) is 6.54 Å². The Balaban J connectivity index is 2.31. The zero-order valence-electron chi connectivity index (χ0n) is 9.57. The van der Waals surface area contributed by atoms with Crippen LogP contribution in [-0.4, -0.2) is 4.57 Å². The Labute approximate surface area is 95.8 Å². The number of hydrogen-bond acceptors (Lipinski definition) is 1. The molecule has 1 aromatic carbocycles. The summed E-state index contributed by atoms with van der Waals surface area (Å²) in [5.41, 5.74) is 4.48. The summed E-state index contributed by atoms with van der Waals surface area (Å²) in [4.78, 5) is 0. The van der Waals surface area contributed by atoms with E-state index in [4.69, 9.17) is 5.26 Å². The second-order valence-corrected chi connectivity index (χ2v) is 4.13. The van der Waals surface area contributed by atoms with Crippen LogP contribution in [0.15, 0.2) is 36.5 Å². The Morgan fingerprint density at radius 2 is 1.88 bits per heavy atom. The largest absolute Gasteiger partial charge is 0.335 e. The smallest absolute Gasteiger partial charge is 0.120 e. The summed E-state index contributed by atoms with van der Waals surface area (Å²) in [5, 5.41) is 8.92. The predicted octanol–water partition coefficient (Wildman–Crippen LogP) is 3.02. The molecule has 2 rings (SSSR count). The van der Waals surface area contributed by atoms with Gasteiger partial charge in [0.25, 0.3) is 0 Å². The number of aryl methyl sites for hydroxylation is 2. The lowest BCUT2D eigenvalue weighted by Gasteiger charge is -2.07. The van der Waals surface area contributed by atoms with E-state index in [1.165, 1.54) is 16.7 Å². The summed E-state index contributed by atoms with van der Waals surface area (Å²) >= 11 is 0. The highest BCUT2D eigenvalue weighted by Gasteiger charge is 2.01. The van der Waals surface area contributed by atoms with Crippen LogP contribution >= 0.6 is 0 Å². The van der Waals surface area contributed by atoms with Gasteiger partial charge in [-0.3, -0.25) is 0 Å². The number of hydrogen-bond donors (Lipinski definition) is 0. The zero-order valence-corrected chi connectivity index (χ0v) is 9.57. The number of aromatic nitrogens is 1. The van der Waals surface area contributed by atoms with Gasteiger partial charge >= 0.3 is 0 Å². The second kappa shape index (κ2) is 4.24. The quantitative estimate of drug-likeness (QED) is 0.749. The predicted molar refractivity (Wildman–Crippen MR) is 64.2 cm³/mol. The molecule has 0 N–H and O–H groups in total.